The summed E-state index contributed by atoms with van der Waals surface area (Å²) in [7, 11) is 0. The highest BCUT2D eigenvalue weighted by Crippen LogP contribution is 2.21. The van der Waals surface area contributed by atoms with Crippen molar-refractivity contribution in [2.45, 2.75) is 26.4 Å². The van der Waals surface area contributed by atoms with E-state index in [0.717, 1.165) is 0 Å². The van der Waals surface area contributed by atoms with Gasteiger partial charge >= 0.3 is 5.97 Å². The molecule has 18 heavy (non-hydrogen) atoms. The van der Waals surface area contributed by atoms with Crippen molar-refractivity contribution in [2.75, 3.05) is 11.9 Å². The number of aromatic carboxylic acids is 1. The third kappa shape index (κ3) is 4.55. The number of hydrogen-bond donors (Lipinski definition) is 3. The number of rotatable bonds is 6. The number of nitrogens with one attached hydrogen (secondary N) is 1. The molecule has 0 aliphatic carbocycles. The van der Waals surface area contributed by atoms with Gasteiger partial charge in [0.1, 0.15) is 0 Å². The zero-order chi connectivity index (χ0) is 13.7. The largest absolute Gasteiger partial charge is 0.478 e. The van der Waals surface area contributed by atoms with Crippen molar-refractivity contribution in [2.24, 2.45) is 5.92 Å². The van der Waals surface area contributed by atoms with Crippen LogP contribution in [-0.4, -0.2) is 28.8 Å². The van der Waals surface area contributed by atoms with E-state index in [4.69, 9.17) is 16.7 Å². The summed E-state index contributed by atoms with van der Waals surface area (Å²) in [6.45, 7) is 4.36. The van der Waals surface area contributed by atoms with Crippen molar-refractivity contribution in [3.8, 4) is 0 Å². The van der Waals surface area contributed by atoms with E-state index in [2.05, 4.69) is 5.32 Å². The molecule has 0 saturated carbocycles. The molecule has 5 heteroatoms. The summed E-state index contributed by atoms with van der Waals surface area (Å²) in [5.74, 6) is -0.649. The molecule has 100 valence electrons. The minimum atomic E-state index is -1.04. The summed E-state index contributed by atoms with van der Waals surface area (Å²) in [6.07, 6.45) is 0.172. The quantitative estimate of drug-likeness (QED) is 0.744. The maximum atomic E-state index is 11.0. The first-order valence-electron chi connectivity index (χ1n) is 5.85. The number of benzene rings is 1. The molecule has 0 aliphatic heterocycles. The Bertz CT molecular complexity index is 421. The Morgan fingerprint density at radius 3 is 2.67 bits per heavy atom. The minimum Gasteiger partial charge on any atom is -0.478 e. The van der Waals surface area contributed by atoms with Crippen LogP contribution in [0.5, 0.6) is 0 Å². The molecule has 0 aromatic heterocycles. The van der Waals surface area contributed by atoms with Crippen LogP contribution in [0.4, 0.5) is 5.69 Å². The molecule has 0 spiro atoms. The standard InChI is InChI=1S/C13H18ClNO3/c1-8(2)5-10(16)7-15-12-4-3-9(14)6-11(12)13(17)18/h3-4,6,8,10,15-16H,5,7H2,1-2H3,(H,17,18). The van der Waals surface area contributed by atoms with Crippen molar-refractivity contribution < 1.29 is 15.0 Å². The van der Waals surface area contributed by atoms with Gasteiger partial charge in [0.25, 0.3) is 0 Å². The Labute approximate surface area is 112 Å². The maximum Gasteiger partial charge on any atom is 0.337 e. The fourth-order valence-corrected chi connectivity index (χ4v) is 1.87. The molecule has 1 aromatic rings. The summed E-state index contributed by atoms with van der Waals surface area (Å²) in [5.41, 5.74) is 0.578. The third-order valence-electron chi connectivity index (χ3n) is 2.48. The van der Waals surface area contributed by atoms with E-state index in [1.807, 2.05) is 13.8 Å². The van der Waals surface area contributed by atoms with Crippen LogP contribution in [0.1, 0.15) is 30.6 Å². The number of halogens is 1. The molecule has 4 nitrogen and oxygen atoms in total. The molecular weight excluding hydrogens is 254 g/mol. The Balaban J connectivity index is 2.70. The van der Waals surface area contributed by atoms with E-state index in [-0.39, 0.29) is 5.56 Å². The fourth-order valence-electron chi connectivity index (χ4n) is 1.70. The first-order chi connectivity index (χ1) is 8.40. The van der Waals surface area contributed by atoms with E-state index in [0.29, 0.717) is 29.6 Å². The molecule has 1 unspecified atom stereocenters. The average molecular weight is 272 g/mol. The zero-order valence-electron chi connectivity index (χ0n) is 10.5. The van der Waals surface area contributed by atoms with Crippen LogP contribution < -0.4 is 5.32 Å². The van der Waals surface area contributed by atoms with Gasteiger partial charge in [0.15, 0.2) is 0 Å². The summed E-state index contributed by atoms with van der Waals surface area (Å²) in [6, 6.07) is 4.61. The molecule has 0 saturated heterocycles. The van der Waals surface area contributed by atoms with Gasteiger partial charge < -0.3 is 15.5 Å². The van der Waals surface area contributed by atoms with Gasteiger partial charge in [-0.05, 0) is 30.5 Å². The Hall–Kier alpha value is -1.26. The van der Waals surface area contributed by atoms with E-state index in [9.17, 15) is 9.90 Å². The monoisotopic (exact) mass is 271 g/mol. The molecule has 3 N–H and O–H groups in total. The van der Waals surface area contributed by atoms with Crippen molar-refractivity contribution in [3.63, 3.8) is 0 Å². The topological polar surface area (TPSA) is 69.6 Å². The summed E-state index contributed by atoms with van der Waals surface area (Å²) in [5, 5.41) is 22.1. The lowest BCUT2D eigenvalue weighted by atomic mass is 10.1. The number of carboxylic acid groups (broad SMARTS) is 1. The maximum absolute atomic E-state index is 11.0. The highest BCUT2D eigenvalue weighted by molar-refractivity contribution is 6.31. The molecule has 0 aliphatic rings. The van der Waals surface area contributed by atoms with E-state index >= 15 is 0 Å². The lowest BCUT2D eigenvalue weighted by Gasteiger charge is -2.16. The first kappa shape index (κ1) is 14.8. The number of aliphatic hydroxyl groups excluding tert-OH is 1. The van der Waals surface area contributed by atoms with Crippen molar-refractivity contribution >= 4 is 23.3 Å². The molecule has 1 atom stereocenters. The van der Waals surface area contributed by atoms with Crippen LogP contribution in [0.3, 0.4) is 0 Å². The molecule has 0 amide bonds. The van der Waals surface area contributed by atoms with Gasteiger partial charge in [-0.1, -0.05) is 25.4 Å². The summed E-state index contributed by atoms with van der Waals surface area (Å²) >= 11 is 5.75. The van der Waals surface area contributed by atoms with E-state index in [1.54, 1.807) is 12.1 Å². The average Bonchev–Trinajstić information content (AvgIpc) is 2.26. The van der Waals surface area contributed by atoms with Crippen LogP contribution in [0, 0.1) is 5.92 Å². The van der Waals surface area contributed by atoms with Gasteiger partial charge in [-0.2, -0.15) is 0 Å². The Morgan fingerprint density at radius 1 is 1.44 bits per heavy atom. The minimum absolute atomic E-state index is 0.110. The van der Waals surface area contributed by atoms with Gasteiger partial charge in [0.2, 0.25) is 0 Å². The highest BCUT2D eigenvalue weighted by Gasteiger charge is 2.12. The number of carboxylic acids is 1. The second kappa shape index (κ2) is 6.61. The molecular formula is C13H18ClNO3. The fraction of sp³-hybridized carbons (Fsp3) is 0.462. The number of anilines is 1. The normalized spacial score (nSPS) is 12.5. The van der Waals surface area contributed by atoms with Crippen LogP contribution in [0.15, 0.2) is 18.2 Å². The summed E-state index contributed by atoms with van der Waals surface area (Å²) < 4.78 is 0. The lowest BCUT2D eigenvalue weighted by Crippen LogP contribution is -2.22. The predicted molar refractivity (Wildman–Crippen MR) is 72.4 cm³/mol. The van der Waals surface area contributed by atoms with E-state index < -0.39 is 12.1 Å². The van der Waals surface area contributed by atoms with Crippen LogP contribution in [0.2, 0.25) is 5.02 Å². The highest BCUT2D eigenvalue weighted by atomic mass is 35.5. The lowest BCUT2D eigenvalue weighted by molar-refractivity contribution is 0.0697. The third-order valence-corrected chi connectivity index (χ3v) is 2.72. The zero-order valence-corrected chi connectivity index (χ0v) is 11.2. The molecule has 1 aromatic carbocycles. The second-order valence-corrected chi connectivity index (χ2v) is 5.10. The SMILES string of the molecule is CC(C)CC(O)CNc1ccc(Cl)cc1C(=O)O. The predicted octanol–water partition coefficient (Wildman–Crippen LogP) is 2.86. The Kier molecular flexibility index (Phi) is 5.44. The van der Waals surface area contributed by atoms with Crippen LogP contribution in [0.25, 0.3) is 0 Å². The summed E-state index contributed by atoms with van der Waals surface area (Å²) in [4.78, 5) is 11.0. The first-order valence-corrected chi connectivity index (χ1v) is 6.22. The molecule has 0 heterocycles. The number of aliphatic hydroxyl groups is 1. The molecule has 0 radical (unpaired) electrons. The molecule has 1 rings (SSSR count). The van der Waals surface area contributed by atoms with Crippen LogP contribution in [-0.2, 0) is 0 Å². The van der Waals surface area contributed by atoms with E-state index in [1.165, 1.54) is 6.07 Å². The Morgan fingerprint density at radius 2 is 2.11 bits per heavy atom. The van der Waals surface area contributed by atoms with Crippen molar-refractivity contribution in [1.29, 1.82) is 0 Å². The van der Waals surface area contributed by atoms with Gasteiger partial charge in [0.05, 0.1) is 11.7 Å². The number of carbonyl (C=O) groups is 1. The van der Waals surface area contributed by atoms with Crippen LogP contribution >= 0.6 is 11.6 Å². The van der Waals surface area contributed by atoms with Gasteiger partial charge in [-0.15, -0.1) is 0 Å². The number of hydrogen-bond acceptors (Lipinski definition) is 3. The van der Waals surface area contributed by atoms with Gasteiger partial charge in [-0.25, -0.2) is 4.79 Å². The molecule has 0 fully saturated rings. The van der Waals surface area contributed by atoms with Gasteiger partial charge in [0, 0.05) is 17.3 Å². The van der Waals surface area contributed by atoms with Crippen molar-refractivity contribution in [3.05, 3.63) is 28.8 Å². The second-order valence-electron chi connectivity index (χ2n) is 4.66. The van der Waals surface area contributed by atoms with Crippen molar-refractivity contribution in [1.82, 2.24) is 0 Å². The molecule has 0 bridgehead atoms. The van der Waals surface area contributed by atoms with Gasteiger partial charge in [-0.3, -0.25) is 0 Å². The smallest absolute Gasteiger partial charge is 0.337 e.